The number of nitrogens with one attached hydrogen (secondary N) is 1. The maximum absolute atomic E-state index is 12.2. The Morgan fingerprint density at radius 1 is 1.22 bits per heavy atom. The predicted molar refractivity (Wildman–Crippen MR) is 109 cm³/mol. The zero-order chi connectivity index (χ0) is 19.2. The number of hydrogen-bond donors (Lipinski definition) is 1. The summed E-state index contributed by atoms with van der Waals surface area (Å²) in [6.07, 6.45) is 0.338. The molecule has 6 heteroatoms. The second-order valence-electron chi connectivity index (χ2n) is 6.94. The minimum Gasteiger partial charge on any atom is -0.373 e. The normalized spacial score (nSPS) is 20.4. The molecule has 4 nitrogen and oxygen atoms in total. The van der Waals surface area contributed by atoms with E-state index in [0.717, 1.165) is 17.7 Å². The van der Waals surface area contributed by atoms with Gasteiger partial charge in [-0.2, -0.15) is 0 Å². The van der Waals surface area contributed by atoms with Crippen molar-refractivity contribution in [2.45, 2.75) is 32.0 Å². The van der Waals surface area contributed by atoms with Crippen LogP contribution < -0.4 is 5.32 Å². The van der Waals surface area contributed by atoms with E-state index in [9.17, 15) is 4.79 Å². The number of halogens is 2. The van der Waals surface area contributed by atoms with Crippen molar-refractivity contribution >= 4 is 29.1 Å². The molecular formula is C21H24Cl2N2O2. The van der Waals surface area contributed by atoms with E-state index in [2.05, 4.69) is 17.1 Å². The zero-order valence-corrected chi connectivity index (χ0v) is 16.8. The molecule has 0 radical (unpaired) electrons. The lowest BCUT2D eigenvalue weighted by Crippen LogP contribution is -2.51. The zero-order valence-electron chi connectivity index (χ0n) is 15.3. The Morgan fingerprint density at radius 3 is 2.78 bits per heavy atom. The van der Waals surface area contributed by atoms with E-state index in [4.69, 9.17) is 27.9 Å². The number of carbonyl (C=O) groups is 1. The molecule has 0 saturated carbocycles. The van der Waals surface area contributed by atoms with E-state index in [1.807, 2.05) is 42.5 Å². The molecule has 0 spiro atoms. The summed E-state index contributed by atoms with van der Waals surface area (Å²) < 4.78 is 5.90. The Morgan fingerprint density at radius 2 is 2.00 bits per heavy atom. The summed E-state index contributed by atoms with van der Waals surface area (Å²) in [7, 11) is 0. The second kappa shape index (κ2) is 9.56. The van der Waals surface area contributed by atoms with Gasteiger partial charge < -0.3 is 10.1 Å². The van der Waals surface area contributed by atoms with Gasteiger partial charge in [0.25, 0.3) is 0 Å². The molecule has 1 N–H and O–H groups in total. The van der Waals surface area contributed by atoms with E-state index >= 15 is 0 Å². The van der Waals surface area contributed by atoms with Gasteiger partial charge >= 0.3 is 0 Å². The van der Waals surface area contributed by atoms with Gasteiger partial charge in [0, 0.05) is 35.7 Å². The Balaban J connectivity index is 1.52. The van der Waals surface area contributed by atoms with Gasteiger partial charge in [0.1, 0.15) is 0 Å². The molecule has 2 aromatic rings. The third kappa shape index (κ3) is 5.94. The maximum atomic E-state index is 12.2. The molecule has 144 valence electrons. The molecule has 27 heavy (non-hydrogen) atoms. The topological polar surface area (TPSA) is 41.6 Å². The highest BCUT2D eigenvalue weighted by molar-refractivity contribution is 6.33. The largest absolute Gasteiger partial charge is 0.373 e. The van der Waals surface area contributed by atoms with Crippen LogP contribution in [0.4, 0.5) is 0 Å². The summed E-state index contributed by atoms with van der Waals surface area (Å²) in [6, 6.07) is 15.5. The molecule has 2 aromatic carbocycles. The van der Waals surface area contributed by atoms with Crippen molar-refractivity contribution in [1.82, 2.24) is 10.2 Å². The van der Waals surface area contributed by atoms with Gasteiger partial charge in [0.2, 0.25) is 5.91 Å². The number of ether oxygens (including phenoxy) is 1. The van der Waals surface area contributed by atoms with Crippen molar-refractivity contribution in [3.8, 4) is 0 Å². The molecule has 0 aromatic heterocycles. The van der Waals surface area contributed by atoms with Crippen LogP contribution in [0, 0.1) is 0 Å². The number of morpholine rings is 1. The standard InChI is InChI=1S/C21H24Cl2N2O2/c1-15-14-27-19(11-24-21(26)9-16-5-3-2-4-6-16)13-25(15)12-17-10-18(22)7-8-20(17)23/h2-8,10,15,19H,9,11-14H2,1H3,(H,24,26)/t15-,19-/m0/s1. The highest BCUT2D eigenvalue weighted by Crippen LogP contribution is 2.24. The van der Waals surface area contributed by atoms with Crippen LogP contribution in [0.15, 0.2) is 48.5 Å². The number of carbonyl (C=O) groups excluding carboxylic acids is 1. The summed E-state index contributed by atoms with van der Waals surface area (Å²) in [6.45, 7) is 4.69. The van der Waals surface area contributed by atoms with Crippen molar-refractivity contribution < 1.29 is 9.53 Å². The summed E-state index contributed by atoms with van der Waals surface area (Å²) in [5, 5.41) is 4.38. The molecule has 3 rings (SSSR count). The quantitative estimate of drug-likeness (QED) is 0.789. The predicted octanol–water partition coefficient (Wildman–Crippen LogP) is 3.94. The lowest BCUT2D eigenvalue weighted by atomic mass is 10.1. The van der Waals surface area contributed by atoms with E-state index in [-0.39, 0.29) is 18.1 Å². The first kappa shape index (κ1) is 20.2. The first-order valence-electron chi connectivity index (χ1n) is 9.11. The van der Waals surface area contributed by atoms with Crippen molar-refractivity contribution in [2.75, 3.05) is 19.7 Å². The Hall–Kier alpha value is -1.59. The van der Waals surface area contributed by atoms with E-state index in [0.29, 0.717) is 36.2 Å². The fraction of sp³-hybridized carbons (Fsp3) is 0.381. The molecule has 0 bridgehead atoms. The van der Waals surface area contributed by atoms with E-state index in [1.165, 1.54) is 0 Å². The van der Waals surface area contributed by atoms with E-state index < -0.39 is 0 Å². The molecule has 1 heterocycles. The lowest BCUT2D eigenvalue weighted by molar-refractivity contribution is -0.122. The number of rotatable bonds is 6. The third-order valence-electron chi connectivity index (χ3n) is 4.75. The van der Waals surface area contributed by atoms with Gasteiger partial charge in [0.15, 0.2) is 0 Å². The minimum absolute atomic E-state index is 0.00728. The van der Waals surface area contributed by atoms with Crippen molar-refractivity contribution in [2.24, 2.45) is 0 Å². The van der Waals surface area contributed by atoms with Crippen LogP contribution in [0.2, 0.25) is 10.0 Å². The second-order valence-corrected chi connectivity index (χ2v) is 7.78. The van der Waals surface area contributed by atoms with Gasteiger partial charge in [0.05, 0.1) is 19.1 Å². The van der Waals surface area contributed by atoms with Crippen LogP contribution in [0.1, 0.15) is 18.1 Å². The third-order valence-corrected chi connectivity index (χ3v) is 5.35. The van der Waals surface area contributed by atoms with Gasteiger partial charge in [-0.3, -0.25) is 9.69 Å². The summed E-state index contributed by atoms with van der Waals surface area (Å²) in [5.41, 5.74) is 2.01. The maximum Gasteiger partial charge on any atom is 0.224 e. The Labute approximate surface area is 170 Å². The Kier molecular flexibility index (Phi) is 7.13. The highest BCUT2D eigenvalue weighted by Gasteiger charge is 2.27. The Bertz CT molecular complexity index is 770. The van der Waals surface area contributed by atoms with Gasteiger partial charge in [-0.25, -0.2) is 0 Å². The van der Waals surface area contributed by atoms with Gasteiger partial charge in [-0.05, 0) is 36.2 Å². The summed E-state index contributed by atoms with van der Waals surface area (Å²) >= 11 is 12.4. The summed E-state index contributed by atoms with van der Waals surface area (Å²) in [4.78, 5) is 14.5. The number of amides is 1. The van der Waals surface area contributed by atoms with Crippen molar-refractivity contribution in [3.63, 3.8) is 0 Å². The minimum atomic E-state index is -0.0427. The molecular weight excluding hydrogens is 383 g/mol. The average molecular weight is 407 g/mol. The first-order valence-corrected chi connectivity index (χ1v) is 9.87. The van der Waals surface area contributed by atoms with E-state index in [1.54, 1.807) is 6.07 Å². The molecule has 1 aliphatic heterocycles. The molecule has 0 unspecified atom stereocenters. The summed E-state index contributed by atoms with van der Waals surface area (Å²) in [5.74, 6) is 0.00728. The van der Waals surface area contributed by atoms with Crippen molar-refractivity contribution in [1.29, 1.82) is 0 Å². The molecule has 0 aliphatic carbocycles. The van der Waals surface area contributed by atoms with Crippen LogP contribution in [0.5, 0.6) is 0 Å². The SMILES string of the molecule is C[C@H]1CO[C@@H](CNC(=O)Cc2ccccc2)CN1Cc1cc(Cl)ccc1Cl. The molecule has 1 fully saturated rings. The van der Waals surface area contributed by atoms with Crippen LogP contribution in [0.25, 0.3) is 0 Å². The lowest BCUT2D eigenvalue weighted by Gasteiger charge is -2.38. The number of hydrogen-bond acceptors (Lipinski definition) is 3. The highest BCUT2D eigenvalue weighted by atomic mass is 35.5. The first-order chi connectivity index (χ1) is 13.0. The number of nitrogens with zero attached hydrogens (tertiary/aromatic N) is 1. The van der Waals surface area contributed by atoms with Crippen LogP contribution >= 0.6 is 23.2 Å². The monoisotopic (exact) mass is 406 g/mol. The average Bonchev–Trinajstić information content (AvgIpc) is 2.66. The fourth-order valence-electron chi connectivity index (χ4n) is 3.17. The molecule has 2 atom stereocenters. The molecule has 1 amide bonds. The van der Waals surface area contributed by atoms with Crippen LogP contribution in [-0.2, 0) is 22.5 Å². The smallest absolute Gasteiger partial charge is 0.224 e. The van der Waals surface area contributed by atoms with Crippen LogP contribution in [-0.4, -0.2) is 42.6 Å². The fourth-order valence-corrected chi connectivity index (χ4v) is 3.55. The van der Waals surface area contributed by atoms with Gasteiger partial charge in [-0.15, -0.1) is 0 Å². The van der Waals surface area contributed by atoms with Crippen LogP contribution in [0.3, 0.4) is 0 Å². The number of benzene rings is 2. The van der Waals surface area contributed by atoms with Crippen molar-refractivity contribution in [3.05, 3.63) is 69.7 Å². The molecule has 1 aliphatic rings. The van der Waals surface area contributed by atoms with Gasteiger partial charge in [-0.1, -0.05) is 53.5 Å². The molecule has 1 saturated heterocycles.